The molecule has 0 saturated heterocycles. The van der Waals surface area contributed by atoms with Crippen molar-refractivity contribution in [3.63, 3.8) is 0 Å². The minimum absolute atomic E-state index is 0.154. The van der Waals surface area contributed by atoms with Gasteiger partial charge < -0.3 is 0 Å². The summed E-state index contributed by atoms with van der Waals surface area (Å²) in [5, 5.41) is 0. The molecule has 0 spiro atoms. The molecule has 0 rings (SSSR count). The Labute approximate surface area is 266 Å². The van der Waals surface area contributed by atoms with Crippen LogP contribution in [0.3, 0.4) is 0 Å². The molecule has 2 N–H and O–H groups in total. The first-order valence-corrected chi connectivity index (χ1v) is 19.6. The van der Waals surface area contributed by atoms with Gasteiger partial charge in [-0.25, -0.2) is 9.44 Å². The Balaban J connectivity index is 3.62. The van der Waals surface area contributed by atoms with E-state index in [9.17, 15) is 18.0 Å². The average Bonchev–Trinajstić information content (AvgIpc) is 2.96. The van der Waals surface area contributed by atoms with Crippen LogP contribution in [0.5, 0.6) is 0 Å². The number of hydrogen-bond acceptors (Lipinski definition) is 4. The average molecular weight is 625 g/mol. The van der Waals surface area contributed by atoms with Crippen molar-refractivity contribution in [2.45, 2.75) is 194 Å². The third kappa shape index (κ3) is 33.1. The van der Waals surface area contributed by atoms with Crippen LogP contribution in [0.15, 0.2) is 24.3 Å². The number of hydrogen-bond donors (Lipinski definition) is 2. The van der Waals surface area contributed by atoms with Crippen LogP contribution in [0.4, 0.5) is 0 Å². The second-order valence-electron chi connectivity index (χ2n) is 12.2. The maximum atomic E-state index is 12.1. The van der Waals surface area contributed by atoms with E-state index >= 15 is 0 Å². The summed E-state index contributed by atoms with van der Waals surface area (Å²) in [6.07, 6.45) is 39.8. The molecule has 6 nitrogen and oxygen atoms in total. The standard InChI is InChI=1S/C36H68N2O4S/c1-3-5-7-9-11-13-15-17-19-21-23-25-27-29-31-33-35(39)37-43(41,42)38-36(40)34-32-30-28-26-24-22-20-18-16-14-12-10-8-6-4-2/h17-20H,3-16,21-34H2,1-2H3,(H,37,39)(H,38,40). The van der Waals surface area contributed by atoms with E-state index in [-0.39, 0.29) is 12.8 Å². The lowest BCUT2D eigenvalue weighted by atomic mass is 10.1. The van der Waals surface area contributed by atoms with Crippen LogP contribution in [-0.4, -0.2) is 20.2 Å². The first kappa shape index (κ1) is 41.4. The molecule has 7 heteroatoms. The maximum Gasteiger partial charge on any atom is 0.325 e. The topological polar surface area (TPSA) is 92.3 Å². The number of rotatable bonds is 32. The van der Waals surface area contributed by atoms with Gasteiger partial charge in [0.25, 0.3) is 0 Å². The van der Waals surface area contributed by atoms with Gasteiger partial charge in [-0.05, 0) is 64.2 Å². The summed E-state index contributed by atoms with van der Waals surface area (Å²) in [6, 6.07) is 0. The highest BCUT2D eigenvalue weighted by Gasteiger charge is 2.17. The molecule has 0 aliphatic rings. The number of carbonyl (C=O) groups is 2. The summed E-state index contributed by atoms with van der Waals surface area (Å²) in [4.78, 5) is 24.1. The van der Waals surface area contributed by atoms with Gasteiger partial charge in [-0.2, -0.15) is 8.42 Å². The van der Waals surface area contributed by atoms with Crippen molar-refractivity contribution in [1.29, 1.82) is 0 Å². The molecule has 0 heterocycles. The highest BCUT2D eigenvalue weighted by molar-refractivity contribution is 7.88. The van der Waals surface area contributed by atoms with Gasteiger partial charge >= 0.3 is 10.2 Å². The molecule has 2 amide bonds. The summed E-state index contributed by atoms with van der Waals surface area (Å²) < 4.78 is 28.1. The number of allylic oxidation sites excluding steroid dienone is 4. The first-order chi connectivity index (χ1) is 20.9. The quantitative estimate of drug-likeness (QED) is 0.0575. The molecule has 0 radical (unpaired) electrons. The van der Waals surface area contributed by atoms with E-state index in [1.54, 1.807) is 0 Å². The first-order valence-electron chi connectivity index (χ1n) is 18.1. The van der Waals surface area contributed by atoms with Crippen LogP contribution in [0, 0.1) is 0 Å². The lowest BCUT2D eigenvalue weighted by Crippen LogP contribution is -2.43. The number of carbonyl (C=O) groups excluding carboxylic acids is 2. The third-order valence-corrected chi connectivity index (χ3v) is 8.82. The van der Waals surface area contributed by atoms with Crippen molar-refractivity contribution in [2.75, 3.05) is 0 Å². The molecule has 43 heavy (non-hydrogen) atoms. The third-order valence-electron chi connectivity index (χ3n) is 7.83. The predicted octanol–water partition coefficient (Wildman–Crippen LogP) is 10.5. The van der Waals surface area contributed by atoms with Crippen LogP contribution in [0.25, 0.3) is 0 Å². The Morgan fingerprint density at radius 1 is 0.419 bits per heavy atom. The Hall–Kier alpha value is -1.63. The largest absolute Gasteiger partial charge is 0.325 e. The molecular formula is C36H68N2O4S. The summed E-state index contributed by atoms with van der Waals surface area (Å²) in [7, 11) is -4.14. The van der Waals surface area contributed by atoms with Gasteiger partial charge in [-0.1, -0.05) is 141 Å². The van der Waals surface area contributed by atoms with Crippen molar-refractivity contribution >= 4 is 22.0 Å². The maximum absolute atomic E-state index is 12.1. The molecule has 0 fully saturated rings. The molecule has 0 unspecified atom stereocenters. The molecule has 0 aromatic carbocycles. The highest BCUT2D eigenvalue weighted by atomic mass is 32.2. The van der Waals surface area contributed by atoms with Crippen LogP contribution < -0.4 is 9.44 Å². The lowest BCUT2D eigenvalue weighted by Gasteiger charge is -2.08. The zero-order valence-electron chi connectivity index (χ0n) is 28.1. The van der Waals surface area contributed by atoms with Crippen molar-refractivity contribution < 1.29 is 18.0 Å². The Morgan fingerprint density at radius 3 is 0.977 bits per heavy atom. The Kier molecular flexibility index (Phi) is 30.6. The second kappa shape index (κ2) is 31.8. The van der Waals surface area contributed by atoms with Crippen molar-refractivity contribution in [1.82, 2.24) is 9.44 Å². The van der Waals surface area contributed by atoms with Gasteiger partial charge in [0.2, 0.25) is 11.8 Å². The Bertz CT molecular complexity index is 748. The van der Waals surface area contributed by atoms with E-state index in [1.807, 2.05) is 9.44 Å². The normalized spacial score (nSPS) is 12.0. The van der Waals surface area contributed by atoms with Gasteiger partial charge in [0.05, 0.1) is 0 Å². The minimum atomic E-state index is -4.14. The van der Waals surface area contributed by atoms with E-state index in [4.69, 9.17) is 0 Å². The van der Waals surface area contributed by atoms with E-state index < -0.39 is 22.0 Å². The fourth-order valence-corrected chi connectivity index (χ4v) is 5.99. The summed E-state index contributed by atoms with van der Waals surface area (Å²) in [5.41, 5.74) is 0. The predicted molar refractivity (Wildman–Crippen MR) is 184 cm³/mol. The summed E-state index contributed by atoms with van der Waals surface area (Å²) >= 11 is 0. The van der Waals surface area contributed by atoms with Crippen LogP contribution >= 0.6 is 0 Å². The summed E-state index contributed by atoms with van der Waals surface area (Å²) in [5.74, 6) is -1.11. The Morgan fingerprint density at radius 2 is 0.674 bits per heavy atom. The van der Waals surface area contributed by atoms with Crippen molar-refractivity contribution in [3.05, 3.63) is 24.3 Å². The van der Waals surface area contributed by atoms with E-state index in [0.29, 0.717) is 12.8 Å². The lowest BCUT2D eigenvalue weighted by molar-refractivity contribution is -0.119. The minimum Gasteiger partial charge on any atom is -0.274 e. The number of amides is 2. The molecule has 0 saturated carbocycles. The van der Waals surface area contributed by atoms with Gasteiger partial charge in [-0.15, -0.1) is 0 Å². The van der Waals surface area contributed by atoms with Gasteiger partial charge in [0.15, 0.2) is 0 Å². The monoisotopic (exact) mass is 624 g/mol. The van der Waals surface area contributed by atoms with E-state index in [0.717, 1.165) is 64.2 Å². The molecule has 0 bridgehead atoms. The van der Waals surface area contributed by atoms with Gasteiger partial charge in [0, 0.05) is 12.8 Å². The molecule has 0 aliphatic carbocycles. The smallest absolute Gasteiger partial charge is 0.274 e. The van der Waals surface area contributed by atoms with Crippen LogP contribution in [0.1, 0.15) is 194 Å². The van der Waals surface area contributed by atoms with E-state index in [1.165, 1.54) is 89.9 Å². The summed E-state index contributed by atoms with van der Waals surface area (Å²) in [6.45, 7) is 4.49. The van der Waals surface area contributed by atoms with Crippen LogP contribution in [0.2, 0.25) is 0 Å². The fraction of sp³-hybridized carbons (Fsp3) is 0.833. The molecule has 0 aromatic heterocycles. The molecular weight excluding hydrogens is 556 g/mol. The van der Waals surface area contributed by atoms with Crippen molar-refractivity contribution in [2.24, 2.45) is 0 Å². The van der Waals surface area contributed by atoms with Gasteiger partial charge in [0.1, 0.15) is 0 Å². The molecule has 0 aromatic rings. The zero-order chi connectivity index (χ0) is 31.7. The zero-order valence-corrected chi connectivity index (χ0v) is 29.0. The van der Waals surface area contributed by atoms with Crippen molar-refractivity contribution in [3.8, 4) is 0 Å². The highest BCUT2D eigenvalue weighted by Crippen LogP contribution is 2.11. The second-order valence-corrected chi connectivity index (χ2v) is 13.6. The molecule has 0 atom stereocenters. The number of unbranched alkanes of at least 4 members (excludes halogenated alkanes) is 22. The molecule has 252 valence electrons. The van der Waals surface area contributed by atoms with Gasteiger partial charge in [-0.3, -0.25) is 9.59 Å². The molecule has 0 aliphatic heterocycles. The van der Waals surface area contributed by atoms with E-state index in [2.05, 4.69) is 38.2 Å². The SMILES string of the molecule is CCCCCCCCC=CCCCCCCCC(=O)NS(=O)(=O)NC(=O)CCCCCCCC=CCCCCCCCC. The van der Waals surface area contributed by atoms with Crippen LogP contribution in [-0.2, 0) is 19.8 Å². The number of nitrogens with one attached hydrogen (secondary N) is 2. The fourth-order valence-electron chi connectivity index (χ4n) is 5.14.